The number of benzene rings is 1. The topological polar surface area (TPSA) is 100 Å². The summed E-state index contributed by atoms with van der Waals surface area (Å²) in [6, 6.07) is 11.7. The Labute approximate surface area is 159 Å². The van der Waals surface area contributed by atoms with Gasteiger partial charge in [-0.2, -0.15) is 0 Å². The zero-order valence-corrected chi connectivity index (χ0v) is 15.5. The minimum absolute atomic E-state index is 0.184. The molecular formula is C19H17N3O4S. The third-order valence-electron chi connectivity index (χ3n) is 3.70. The molecule has 2 aromatic heterocycles. The van der Waals surface area contributed by atoms with E-state index in [0.717, 1.165) is 16.9 Å². The van der Waals surface area contributed by atoms with Crippen LogP contribution in [0.25, 0.3) is 0 Å². The highest BCUT2D eigenvalue weighted by molar-refractivity contribution is 7.18. The van der Waals surface area contributed by atoms with Crippen LogP contribution in [0.3, 0.4) is 0 Å². The van der Waals surface area contributed by atoms with Gasteiger partial charge in [0.05, 0.1) is 16.1 Å². The molecule has 27 heavy (non-hydrogen) atoms. The summed E-state index contributed by atoms with van der Waals surface area (Å²) in [6.45, 7) is 3.24. The molecular weight excluding hydrogens is 366 g/mol. The van der Waals surface area contributed by atoms with Crippen molar-refractivity contribution >= 4 is 45.4 Å². The third kappa shape index (κ3) is 4.42. The van der Waals surface area contributed by atoms with Crippen LogP contribution < -0.4 is 16.0 Å². The molecule has 0 radical (unpaired) electrons. The molecule has 0 aliphatic heterocycles. The number of anilines is 3. The quantitative estimate of drug-likeness (QED) is 0.617. The standard InChI is InChI=1S/C19H17N3O4S/c1-11-13(20-12(2)23)5-3-6-14(11)21-19(25)16-8-9-17(27-16)22-18(24)15-7-4-10-26-15/h3-10H,1-2H3,(H,20,23)(H,21,25)(H,22,24). The number of hydrogen-bond donors (Lipinski definition) is 3. The lowest BCUT2D eigenvalue weighted by molar-refractivity contribution is -0.114. The van der Waals surface area contributed by atoms with Gasteiger partial charge in [-0.25, -0.2) is 0 Å². The molecule has 138 valence electrons. The molecule has 0 aliphatic rings. The second-order valence-electron chi connectivity index (χ2n) is 5.71. The van der Waals surface area contributed by atoms with Crippen molar-refractivity contribution in [2.45, 2.75) is 13.8 Å². The highest BCUT2D eigenvalue weighted by Gasteiger charge is 2.15. The molecule has 3 rings (SSSR count). The number of carbonyl (C=O) groups excluding carboxylic acids is 3. The van der Waals surface area contributed by atoms with Gasteiger partial charge < -0.3 is 20.4 Å². The molecule has 0 aliphatic carbocycles. The van der Waals surface area contributed by atoms with Crippen LogP contribution in [0.15, 0.2) is 53.1 Å². The van der Waals surface area contributed by atoms with Crippen molar-refractivity contribution in [2.24, 2.45) is 0 Å². The fourth-order valence-electron chi connectivity index (χ4n) is 2.39. The van der Waals surface area contributed by atoms with E-state index in [0.29, 0.717) is 21.3 Å². The van der Waals surface area contributed by atoms with E-state index >= 15 is 0 Å². The van der Waals surface area contributed by atoms with E-state index in [2.05, 4.69) is 16.0 Å². The summed E-state index contributed by atoms with van der Waals surface area (Å²) >= 11 is 1.15. The van der Waals surface area contributed by atoms with Crippen molar-refractivity contribution in [2.75, 3.05) is 16.0 Å². The van der Waals surface area contributed by atoms with E-state index in [-0.39, 0.29) is 23.5 Å². The first-order valence-corrected chi connectivity index (χ1v) is 8.89. The lowest BCUT2D eigenvalue weighted by Crippen LogP contribution is -2.13. The zero-order chi connectivity index (χ0) is 19.4. The van der Waals surface area contributed by atoms with Gasteiger partial charge in [0, 0.05) is 18.3 Å². The van der Waals surface area contributed by atoms with Crippen LogP contribution >= 0.6 is 11.3 Å². The van der Waals surface area contributed by atoms with Crippen LogP contribution in [0.2, 0.25) is 0 Å². The average Bonchev–Trinajstić information content (AvgIpc) is 3.29. The lowest BCUT2D eigenvalue weighted by Gasteiger charge is -2.12. The Morgan fingerprint density at radius 2 is 1.63 bits per heavy atom. The molecule has 8 heteroatoms. The molecule has 1 aromatic carbocycles. The van der Waals surface area contributed by atoms with Gasteiger partial charge in [-0.1, -0.05) is 6.07 Å². The van der Waals surface area contributed by atoms with Gasteiger partial charge >= 0.3 is 0 Å². The van der Waals surface area contributed by atoms with E-state index in [1.807, 2.05) is 6.92 Å². The first kappa shape index (κ1) is 18.4. The largest absolute Gasteiger partial charge is 0.459 e. The van der Waals surface area contributed by atoms with Gasteiger partial charge in [0.15, 0.2) is 5.76 Å². The van der Waals surface area contributed by atoms with Crippen LogP contribution in [-0.2, 0) is 4.79 Å². The van der Waals surface area contributed by atoms with Gasteiger partial charge in [0.1, 0.15) is 0 Å². The van der Waals surface area contributed by atoms with E-state index in [1.165, 1.54) is 13.2 Å². The number of rotatable bonds is 5. The zero-order valence-electron chi connectivity index (χ0n) is 14.7. The van der Waals surface area contributed by atoms with Crippen molar-refractivity contribution in [3.8, 4) is 0 Å². The van der Waals surface area contributed by atoms with E-state index in [4.69, 9.17) is 4.42 Å². The van der Waals surface area contributed by atoms with Gasteiger partial charge in [-0.05, 0) is 48.9 Å². The van der Waals surface area contributed by atoms with E-state index < -0.39 is 0 Å². The molecule has 2 heterocycles. The maximum atomic E-state index is 12.5. The van der Waals surface area contributed by atoms with Crippen molar-refractivity contribution in [3.05, 3.63) is 64.9 Å². The van der Waals surface area contributed by atoms with E-state index in [9.17, 15) is 14.4 Å². The number of carbonyl (C=O) groups is 3. The van der Waals surface area contributed by atoms with Crippen LogP contribution in [-0.4, -0.2) is 17.7 Å². The predicted molar refractivity (Wildman–Crippen MR) is 104 cm³/mol. The smallest absolute Gasteiger partial charge is 0.291 e. The molecule has 0 unspecified atom stereocenters. The minimum atomic E-state index is -0.382. The Bertz CT molecular complexity index is 992. The number of thiophene rings is 1. The molecule has 0 spiro atoms. The summed E-state index contributed by atoms with van der Waals surface area (Å²) in [4.78, 5) is 36.2. The monoisotopic (exact) mass is 383 g/mol. The SMILES string of the molecule is CC(=O)Nc1cccc(NC(=O)c2ccc(NC(=O)c3ccco3)s2)c1C. The predicted octanol–water partition coefficient (Wildman–Crippen LogP) is 4.11. The fraction of sp³-hybridized carbons (Fsp3) is 0.105. The summed E-state index contributed by atoms with van der Waals surface area (Å²) in [5.74, 6) is -0.675. The Morgan fingerprint density at radius 1 is 0.889 bits per heavy atom. The molecule has 0 bridgehead atoms. The number of hydrogen-bond acceptors (Lipinski definition) is 5. The van der Waals surface area contributed by atoms with Crippen LogP contribution in [0.1, 0.15) is 32.7 Å². The first-order chi connectivity index (χ1) is 12.9. The number of amides is 3. The summed E-state index contributed by atoms with van der Waals surface area (Å²) in [5, 5.41) is 8.76. The molecule has 3 amide bonds. The van der Waals surface area contributed by atoms with Crippen LogP contribution in [0, 0.1) is 6.92 Å². The molecule has 3 aromatic rings. The molecule has 3 N–H and O–H groups in total. The maximum Gasteiger partial charge on any atom is 0.291 e. The van der Waals surface area contributed by atoms with Crippen molar-refractivity contribution in [1.29, 1.82) is 0 Å². The minimum Gasteiger partial charge on any atom is -0.459 e. The Kier molecular flexibility index (Phi) is 5.37. The number of furan rings is 1. The Hall–Kier alpha value is -3.39. The normalized spacial score (nSPS) is 10.3. The van der Waals surface area contributed by atoms with Crippen LogP contribution in [0.5, 0.6) is 0 Å². The Balaban J connectivity index is 1.70. The first-order valence-electron chi connectivity index (χ1n) is 8.07. The molecule has 0 saturated heterocycles. The summed E-state index contributed by atoms with van der Waals surface area (Å²) in [7, 11) is 0. The summed E-state index contributed by atoms with van der Waals surface area (Å²) in [5.41, 5.74) is 1.99. The number of nitrogens with one attached hydrogen (secondary N) is 3. The highest BCUT2D eigenvalue weighted by Crippen LogP contribution is 2.27. The van der Waals surface area contributed by atoms with Crippen LogP contribution in [0.4, 0.5) is 16.4 Å². The highest BCUT2D eigenvalue weighted by atomic mass is 32.1. The fourth-order valence-corrected chi connectivity index (χ4v) is 3.18. The maximum absolute atomic E-state index is 12.5. The molecule has 0 fully saturated rings. The van der Waals surface area contributed by atoms with Crippen molar-refractivity contribution < 1.29 is 18.8 Å². The van der Waals surface area contributed by atoms with Crippen molar-refractivity contribution in [1.82, 2.24) is 0 Å². The lowest BCUT2D eigenvalue weighted by atomic mass is 10.1. The van der Waals surface area contributed by atoms with Gasteiger partial charge in [-0.15, -0.1) is 11.3 Å². The summed E-state index contributed by atoms with van der Waals surface area (Å²) in [6.07, 6.45) is 1.42. The summed E-state index contributed by atoms with van der Waals surface area (Å²) < 4.78 is 5.04. The molecule has 7 nitrogen and oxygen atoms in total. The van der Waals surface area contributed by atoms with Gasteiger partial charge in [0.25, 0.3) is 11.8 Å². The molecule has 0 saturated carbocycles. The van der Waals surface area contributed by atoms with Gasteiger partial charge in [-0.3, -0.25) is 14.4 Å². The second kappa shape index (κ2) is 7.88. The van der Waals surface area contributed by atoms with Crippen molar-refractivity contribution in [3.63, 3.8) is 0 Å². The average molecular weight is 383 g/mol. The molecule has 0 atom stereocenters. The van der Waals surface area contributed by atoms with Gasteiger partial charge in [0.2, 0.25) is 5.91 Å². The Morgan fingerprint density at radius 3 is 2.30 bits per heavy atom. The third-order valence-corrected chi connectivity index (χ3v) is 4.70. The van der Waals surface area contributed by atoms with E-state index in [1.54, 1.807) is 42.5 Å². The second-order valence-corrected chi connectivity index (χ2v) is 6.79.